The molecule has 1 fully saturated rings. The van der Waals surface area contributed by atoms with Gasteiger partial charge >= 0.3 is 0 Å². The number of aromatic amines is 1. The van der Waals surface area contributed by atoms with Gasteiger partial charge in [-0.15, -0.1) is 0 Å². The molecule has 1 amide bonds. The third kappa shape index (κ3) is 3.62. The Morgan fingerprint density at radius 3 is 2.93 bits per heavy atom. The Kier molecular flexibility index (Phi) is 4.98. The number of aryl methyl sites for hydroxylation is 2. The lowest BCUT2D eigenvalue weighted by molar-refractivity contribution is -0.129. The number of oxazole rings is 1. The first-order valence-electron chi connectivity index (χ1n) is 8.93. The molecule has 1 atom stereocenters. The van der Waals surface area contributed by atoms with Crippen molar-refractivity contribution in [2.75, 3.05) is 12.3 Å². The van der Waals surface area contributed by atoms with Gasteiger partial charge in [-0.05, 0) is 44.4 Å². The molecule has 4 heterocycles. The molecule has 1 aliphatic heterocycles. The molecule has 140 valence electrons. The van der Waals surface area contributed by atoms with Crippen LogP contribution in [0.2, 0.25) is 0 Å². The molecule has 0 aliphatic carbocycles. The lowest BCUT2D eigenvalue weighted by Gasteiger charge is -2.24. The normalized spacial score (nSPS) is 16.8. The summed E-state index contributed by atoms with van der Waals surface area (Å²) in [7, 11) is 0. The lowest BCUT2D eigenvalue weighted by Crippen LogP contribution is -2.32. The maximum Gasteiger partial charge on any atom is 0.256 e. The summed E-state index contributed by atoms with van der Waals surface area (Å²) in [4.78, 5) is 23.2. The number of aromatic nitrogens is 4. The number of pyridine rings is 1. The Bertz CT molecular complexity index is 917. The predicted molar refractivity (Wildman–Crippen MR) is 102 cm³/mol. The molecule has 4 rings (SSSR count). The van der Waals surface area contributed by atoms with Gasteiger partial charge in [0.25, 0.3) is 5.22 Å². The van der Waals surface area contributed by atoms with Crippen molar-refractivity contribution in [2.45, 2.75) is 38.0 Å². The van der Waals surface area contributed by atoms with E-state index in [1.807, 2.05) is 37.1 Å². The van der Waals surface area contributed by atoms with E-state index in [0.29, 0.717) is 11.0 Å². The van der Waals surface area contributed by atoms with Gasteiger partial charge in [0, 0.05) is 24.5 Å². The van der Waals surface area contributed by atoms with Crippen molar-refractivity contribution in [1.29, 1.82) is 0 Å². The first-order valence-corrected chi connectivity index (χ1v) is 9.92. The second-order valence-electron chi connectivity index (χ2n) is 6.59. The third-order valence-corrected chi connectivity index (χ3v) is 5.71. The molecule has 1 aliphatic rings. The zero-order valence-corrected chi connectivity index (χ0v) is 16.1. The number of rotatable bonds is 5. The van der Waals surface area contributed by atoms with Crippen LogP contribution >= 0.6 is 11.8 Å². The molecule has 3 aromatic heterocycles. The highest BCUT2D eigenvalue weighted by Crippen LogP contribution is 2.36. The minimum atomic E-state index is 0.0109. The molecule has 0 spiro atoms. The number of amides is 1. The number of likely N-dealkylation sites (tertiary alicyclic amines) is 1. The third-order valence-electron chi connectivity index (χ3n) is 4.89. The smallest absolute Gasteiger partial charge is 0.256 e. The molecule has 3 aromatic rings. The van der Waals surface area contributed by atoms with Gasteiger partial charge in [0.15, 0.2) is 0 Å². The number of carbonyl (C=O) groups excluding carboxylic acids is 1. The summed E-state index contributed by atoms with van der Waals surface area (Å²) in [6.45, 7) is 4.53. The molecule has 0 aromatic carbocycles. The summed E-state index contributed by atoms with van der Waals surface area (Å²) in [6, 6.07) is 3.92. The Morgan fingerprint density at radius 1 is 1.37 bits per heavy atom. The van der Waals surface area contributed by atoms with Gasteiger partial charge in [0.1, 0.15) is 5.76 Å². The van der Waals surface area contributed by atoms with Gasteiger partial charge < -0.3 is 9.32 Å². The number of hydrogen-bond acceptors (Lipinski definition) is 6. The molecule has 0 unspecified atom stereocenters. The van der Waals surface area contributed by atoms with Crippen LogP contribution in [0.1, 0.15) is 36.0 Å². The fourth-order valence-corrected chi connectivity index (χ4v) is 4.19. The van der Waals surface area contributed by atoms with Crippen molar-refractivity contribution < 1.29 is 9.21 Å². The van der Waals surface area contributed by atoms with Crippen LogP contribution in [0.15, 0.2) is 40.4 Å². The molecule has 8 heteroatoms. The van der Waals surface area contributed by atoms with Crippen LogP contribution in [0.5, 0.6) is 0 Å². The maximum atomic E-state index is 12.9. The second kappa shape index (κ2) is 7.56. The molecule has 27 heavy (non-hydrogen) atoms. The van der Waals surface area contributed by atoms with E-state index in [9.17, 15) is 4.79 Å². The summed E-state index contributed by atoms with van der Waals surface area (Å²) < 4.78 is 5.56. The standard InChI is InChI=1S/C19H21N5O2S/c1-12-13(2)26-19(22-12)27-11-17(25)24-9-3-4-16(24)18-15(10-21-23-18)14-5-7-20-8-6-14/h5-8,10,16H,3-4,9,11H2,1-2H3,(H,21,23)/t16-/m1/s1. The molecular formula is C19H21N5O2S. The van der Waals surface area contributed by atoms with Gasteiger partial charge in [0.05, 0.1) is 29.4 Å². The van der Waals surface area contributed by atoms with Crippen LogP contribution in [0, 0.1) is 13.8 Å². The van der Waals surface area contributed by atoms with E-state index >= 15 is 0 Å². The van der Waals surface area contributed by atoms with E-state index in [4.69, 9.17) is 4.42 Å². The average molecular weight is 383 g/mol. The van der Waals surface area contributed by atoms with Gasteiger partial charge in [0.2, 0.25) is 5.91 Å². The van der Waals surface area contributed by atoms with Crippen molar-refractivity contribution in [2.24, 2.45) is 0 Å². The molecular weight excluding hydrogens is 362 g/mol. The van der Waals surface area contributed by atoms with Gasteiger partial charge in [-0.25, -0.2) is 4.98 Å². The first-order chi connectivity index (χ1) is 13.1. The number of H-pyrrole nitrogens is 1. The average Bonchev–Trinajstić information content (AvgIpc) is 3.40. The minimum Gasteiger partial charge on any atom is -0.437 e. The van der Waals surface area contributed by atoms with Gasteiger partial charge in [-0.1, -0.05) is 11.8 Å². The van der Waals surface area contributed by atoms with E-state index in [1.54, 1.807) is 12.4 Å². The Morgan fingerprint density at radius 2 is 2.19 bits per heavy atom. The van der Waals surface area contributed by atoms with E-state index in [0.717, 1.165) is 47.7 Å². The van der Waals surface area contributed by atoms with Crippen molar-refractivity contribution >= 4 is 17.7 Å². The van der Waals surface area contributed by atoms with E-state index in [-0.39, 0.29) is 11.9 Å². The van der Waals surface area contributed by atoms with E-state index < -0.39 is 0 Å². The first kappa shape index (κ1) is 17.8. The molecule has 0 saturated carbocycles. The Labute approximate surface area is 161 Å². The second-order valence-corrected chi connectivity index (χ2v) is 7.52. The fourth-order valence-electron chi connectivity index (χ4n) is 3.39. The highest BCUT2D eigenvalue weighted by Gasteiger charge is 2.32. The molecule has 1 N–H and O–H groups in total. The van der Waals surface area contributed by atoms with Crippen LogP contribution in [-0.2, 0) is 4.79 Å². The topological polar surface area (TPSA) is 87.9 Å². The van der Waals surface area contributed by atoms with Crippen molar-refractivity contribution in [3.8, 4) is 11.1 Å². The maximum absolute atomic E-state index is 12.9. The molecule has 0 bridgehead atoms. The molecule has 0 radical (unpaired) electrons. The summed E-state index contributed by atoms with van der Waals surface area (Å²) in [5.41, 5.74) is 3.92. The van der Waals surface area contributed by atoms with Crippen molar-refractivity contribution in [3.63, 3.8) is 0 Å². The number of hydrogen-bond donors (Lipinski definition) is 1. The van der Waals surface area contributed by atoms with Crippen LogP contribution < -0.4 is 0 Å². The van der Waals surface area contributed by atoms with Crippen LogP contribution in [0.25, 0.3) is 11.1 Å². The monoisotopic (exact) mass is 383 g/mol. The summed E-state index contributed by atoms with van der Waals surface area (Å²) in [5, 5.41) is 7.89. The van der Waals surface area contributed by atoms with Crippen LogP contribution in [-0.4, -0.2) is 43.3 Å². The van der Waals surface area contributed by atoms with Crippen LogP contribution in [0.3, 0.4) is 0 Å². The SMILES string of the molecule is Cc1nc(SCC(=O)N2CCC[C@@H]2c2[nH]ncc2-c2ccncc2)oc1C. The predicted octanol–water partition coefficient (Wildman–Crippen LogP) is 3.53. The van der Waals surface area contributed by atoms with Crippen molar-refractivity contribution in [1.82, 2.24) is 25.1 Å². The number of nitrogens with one attached hydrogen (secondary N) is 1. The minimum absolute atomic E-state index is 0.0109. The zero-order chi connectivity index (χ0) is 18.8. The van der Waals surface area contributed by atoms with E-state index in [2.05, 4.69) is 20.2 Å². The molecule has 1 saturated heterocycles. The number of thioether (sulfide) groups is 1. The highest BCUT2D eigenvalue weighted by molar-refractivity contribution is 7.99. The largest absolute Gasteiger partial charge is 0.437 e. The highest BCUT2D eigenvalue weighted by atomic mass is 32.2. The zero-order valence-electron chi connectivity index (χ0n) is 15.3. The van der Waals surface area contributed by atoms with Crippen molar-refractivity contribution in [3.05, 3.63) is 47.9 Å². The lowest BCUT2D eigenvalue weighted by atomic mass is 10.0. The van der Waals surface area contributed by atoms with Gasteiger partial charge in [-0.2, -0.15) is 5.10 Å². The fraction of sp³-hybridized carbons (Fsp3) is 0.368. The molecule has 7 nitrogen and oxygen atoms in total. The summed E-state index contributed by atoms with van der Waals surface area (Å²) in [6.07, 6.45) is 7.25. The summed E-state index contributed by atoms with van der Waals surface area (Å²) >= 11 is 1.35. The Hall–Kier alpha value is -2.61. The Balaban J connectivity index is 1.49. The summed E-state index contributed by atoms with van der Waals surface area (Å²) in [5.74, 6) is 1.20. The quantitative estimate of drug-likeness (QED) is 0.678. The number of nitrogens with zero attached hydrogens (tertiary/aromatic N) is 4. The van der Waals surface area contributed by atoms with Crippen LogP contribution in [0.4, 0.5) is 0 Å². The number of carbonyl (C=O) groups is 1. The van der Waals surface area contributed by atoms with E-state index in [1.165, 1.54) is 11.8 Å². The van der Waals surface area contributed by atoms with Gasteiger partial charge in [-0.3, -0.25) is 14.9 Å².